The Morgan fingerprint density at radius 3 is 2.74 bits per heavy atom. The molecule has 0 aliphatic carbocycles. The van der Waals surface area contributed by atoms with Crippen molar-refractivity contribution in [3.8, 4) is 0 Å². The standard InChI is InChI=1S/C14H21ClN4/c1-3-14(4-2)6-8-19(9-14)13-11(15)10(12(16)17)5-7-18-13/h5,7H,3-4,6,8-9H2,1-2H3,(H3,16,17). The molecule has 1 aromatic heterocycles. The molecule has 19 heavy (non-hydrogen) atoms. The van der Waals surface area contributed by atoms with Crippen LogP contribution in [0.3, 0.4) is 0 Å². The van der Waals surface area contributed by atoms with Crippen molar-refractivity contribution in [2.24, 2.45) is 11.1 Å². The summed E-state index contributed by atoms with van der Waals surface area (Å²) in [4.78, 5) is 6.60. The number of nitrogens with two attached hydrogens (primary N) is 1. The highest BCUT2D eigenvalue weighted by Crippen LogP contribution is 2.40. The number of nitrogens with one attached hydrogen (secondary N) is 1. The highest BCUT2D eigenvalue weighted by molar-refractivity contribution is 6.36. The minimum atomic E-state index is -0.00917. The largest absolute Gasteiger partial charge is 0.384 e. The fourth-order valence-electron chi connectivity index (χ4n) is 2.80. The first-order chi connectivity index (χ1) is 9.03. The Kier molecular flexibility index (Phi) is 3.99. The first kappa shape index (κ1) is 14.1. The number of amidine groups is 1. The van der Waals surface area contributed by atoms with E-state index in [1.807, 2.05) is 0 Å². The molecular formula is C14H21ClN4. The van der Waals surface area contributed by atoms with Crippen molar-refractivity contribution in [2.45, 2.75) is 33.1 Å². The van der Waals surface area contributed by atoms with Crippen LogP contribution in [-0.4, -0.2) is 23.9 Å². The van der Waals surface area contributed by atoms with Gasteiger partial charge in [0.15, 0.2) is 0 Å². The summed E-state index contributed by atoms with van der Waals surface area (Å²) in [5, 5.41) is 8.04. The number of hydrogen-bond donors (Lipinski definition) is 2. The molecular weight excluding hydrogens is 260 g/mol. The van der Waals surface area contributed by atoms with Gasteiger partial charge in [-0.05, 0) is 30.7 Å². The van der Waals surface area contributed by atoms with Gasteiger partial charge in [0.1, 0.15) is 11.7 Å². The van der Waals surface area contributed by atoms with Gasteiger partial charge in [0.2, 0.25) is 0 Å². The summed E-state index contributed by atoms with van der Waals surface area (Å²) < 4.78 is 0. The molecule has 4 nitrogen and oxygen atoms in total. The topological polar surface area (TPSA) is 66.0 Å². The molecule has 1 aliphatic rings. The lowest BCUT2D eigenvalue weighted by atomic mass is 9.82. The molecule has 1 aromatic rings. The Morgan fingerprint density at radius 1 is 1.53 bits per heavy atom. The second kappa shape index (κ2) is 5.37. The van der Waals surface area contributed by atoms with Gasteiger partial charge in [0.05, 0.1) is 5.02 Å². The van der Waals surface area contributed by atoms with Gasteiger partial charge in [-0.25, -0.2) is 4.98 Å². The molecule has 5 heteroatoms. The Labute approximate surface area is 119 Å². The molecule has 1 fully saturated rings. The molecule has 3 N–H and O–H groups in total. The molecule has 1 aliphatic heterocycles. The summed E-state index contributed by atoms with van der Waals surface area (Å²) in [5.41, 5.74) is 6.48. The van der Waals surface area contributed by atoms with Crippen molar-refractivity contribution in [3.05, 3.63) is 22.8 Å². The van der Waals surface area contributed by atoms with Crippen molar-refractivity contribution in [1.29, 1.82) is 5.41 Å². The summed E-state index contributed by atoms with van der Waals surface area (Å²) in [6, 6.07) is 1.69. The molecule has 0 unspecified atom stereocenters. The second-order valence-electron chi connectivity index (χ2n) is 5.29. The van der Waals surface area contributed by atoms with Crippen LogP contribution in [0.15, 0.2) is 12.3 Å². The molecule has 0 radical (unpaired) electrons. The van der Waals surface area contributed by atoms with E-state index in [0.717, 1.165) is 18.9 Å². The summed E-state index contributed by atoms with van der Waals surface area (Å²) in [6.45, 7) is 6.44. The maximum Gasteiger partial charge on any atom is 0.148 e. The van der Waals surface area contributed by atoms with E-state index in [2.05, 4.69) is 23.7 Å². The number of hydrogen-bond acceptors (Lipinski definition) is 3. The van der Waals surface area contributed by atoms with E-state index in [9.17, 15) is 0 Å². The minimum Gasteiger partial charge on any atom is -0.384 e. The van der Waals surface area contributed by atoms with Crippen LogP contribution in [0.4, 0.5) is 5.82 Å². The third-order valence-corrected chi connectivity index (χ3v) is 4.77. The van der Waals surface area contributed by atoms with Gasteiger partial charge in [0, 0.05) is 24.8 Å². The quantitative estimate of drug-likeness (QED) is 0.658. The fourth-order valence-corrected chi connectivity index (χ4v) is 3.14. The molecule has 0 saturated carbocycles. The number of nitrogens with zero attached hydrogens (tertiary/aromatic N) is 2. The third kappa shape index (κ3) is 2.54. The normalized spacial score (nSPS) is 17.7. The summed E-state index contributed by atoms with van der Waals surface area (Å²) in [6.07, 6.45) is 5.19. The number of halogens is 1. The van der Waals surface area contributed by atoms with E-state index in [-0.39, 0.29) is 5.84 Å². The SMILES string of the molecule is CCC1(CC)CCN(c2nccc(C(=N)N)c2Cl)C1. The van der Waals surface area contributed by atoms with Crippen LogP contribution < -0.4 is 10.6 Å². The Balaban J connectivity index is 2.30. The molecule has 0 atom stereocenters. The highest BCUT2D eigenvalue weighted by atomic mass is 35.5. The Morgan fingerprint density at radius 2 is 2.21 bits per heavy atom. The van der Waals surface area contributed by atoms with Crippen LogP contribution in [0.2, 0.25) is 5.02 Å². The van der Waals surface area contributed by atoms with E-state index in [1.165, 1.54) is 19.3 Å². The van der Waals surface area contributed by atoms with Crippen LogP contribution in [0.25, 0.3) is 0 Å². The predicted octanol–water partition coefficient (Wildman–Crippen LogP) is 3.04. The Bertz CT molecular complexity index is 482. The van der Waals surface area contributed by atoms with Gasteiger partial charge < -0.3 is 10.6 Å². The summed E-state index contributed by atoms with van der Waals surface area (Å²) in [7, 11) is 0. The van der Waals surface area contributed by atoms with Gasteiger partial charge >= 0.3 is 0 Å². The lowest BCUT2D eigenvalue weighted by Gasteiger charge is -2.27. The van der Waals surface area contributed by atoms with Crippen molar-refractivity contribution in [2.75, 3.05) is 18.0 Å². The van der Waals surface area contributed by atoms with E-state index < -0.39 is 0 Å². The molecule has 0 spiro atoms. The van der Waals surface area contributed by atoms with Crippen LogP contribution in [0.1, 0.15) is 38.7 Å². The van der Waals surface area contributed by atoms with Crippen LogP contribution >= 0.6 is 11.6 Å². The van der Waals surface area contributed by atoms with Crippen molar-refractivity contribution < 1.29 is 0 Å². The number of rotatable bonds is 4. The number of aromatic nitrogens is 1. The maximum atomic E-state index is 7.54. The van der Waals surface area contributed by atoms with E-state index in [0.29, 0.717) is 16.0 Å². The lowest BCUT2D eigenvalue weighted by molar-refractivity contribution is 0.301. The molecule has 1 saturated heterocycles. The van der Waals surface area contributed by atoms with Gasteiger partial charge in [-0.1, -0.05) is 25.4 Å². The van der Waals surface area contributed by atoms with Crippen molar-refractivity contribution in [1.82, 2.24) is 4.98 Å². The lowest BCUT2D eigenvalue weighted by Crippen LogP contribution is -2.27. The predicted molar refractivity (Wildman–Crippen MR) is 80.1 cm³/mol. The highest BCUT2D eigenvalue weighted by Gasteiger charge is 2.36. The summed E-state index contributed by atoms with van der Waals surface area (Å²) >= 11 is 6.34. The van der Waals surface area contributed by atoms with E-state index in [4.69, 9.17) is 22.7 Å². The molecule has 0 aromatic carbocycles. The zero-order valence-electron chi connectivity index (χ0n) is 11.5. The molecule has 104 valence electrons. The van der Waals surface area contributed by atoms with Crippen LogP contribution in [0, 0.1) is 10.8 Å². The van der Waals surface area contributed by atoms with Gasteiger partial charge in [-0.15, -0.1) is 0 Å². The average Bonchev–Trinajstić information content (AvgIpc) is 2.83. The summed E-state index contributed by atoms with van der Waals surface area (Å²) in [5.74, 6) is 0.753. The van der Waals surface area contributed by atoms with E-state index in [1.54, 1.807) is 12.3 Å². The molecule has 2 heterocycles. The third-order valence-electron chi connectivity index (χ3n) is 4.40. The zero-order valence-corrected chi connectivity index (χ0v) is 12.3. The maximum absolute atomic E-state index is 7.54. The van der Waals surface area contributed by atoms with Gasteiger partial charge in [0.25, 0.3) is 0 Å². The van der Waals surface area contributed by atoms with E-state index >= 15 is 0 Å². The number of pyridine rings is 1. The number of nitrogen functional groups attached to an aromatic ring is 1. The van der Waals surface area contributed by atoms with Crippen molar-refractivity contribution in [3.63, 3.8) is 0 Å². The molecule has 2 rings (SSSR count). The van der Waals surface area contributed by atoms with Gasteiger partial charge in [-0.2, -0.15) is 0 Å². The van der Waals surface area contributed by atoms with Gasteiger partial charge in [-0.3, -0.25) is 5.41 Å². The number of anilines is 1. The Hall–Kier alpha value is -1.29. The van der Waals surface area contributed by atoms with Crippen LogP contribution in [0.5, 0.6) is 0 Å². The average molecular weight is 281 g/mol. The van der Waals surface area contributed by atoms with Crippen molar-refractivity contribution >= 4 is 23.3 Å². The zero-order chi connectivity index (χ0) is 14.0. The first-order valence-corrected chi connectivity index (χ1v) is 7.14. The monoisotopic (exact) mass is 280 g/mol. The molecule has 0 amide bonds. The second-order valence-corrected chi connectivity index (χ2v) is 5.67. The minimum absolute atomic E-state index is 0.00917. The fraction of sp³-hybridized carbons (Fsp3) is 0.571. The first-order valence-electron chi connectivity index (χ1n) is 6.77. The van der Waals surface area contributed by atoms with Crippen LogP contribution in [-0.2, 0) is 0 Å². The smallest absolute Gasteiger partial charge is 0.148 e. The molecule has 0 bridgehead atoms.